The van der Waals surface area contributed by atoms with Crippen LogP contribution in [0.3, 0.4) is 0 Å². The van der Waals surface area contributed by atoms with Crippen molar-refractivity contribution < 1.29 is 9.90 Å². The lowest BCUT2D eigenvalue weighted by atomic mass is 9.94. The van der Waals surface area contributed by atoms with Crippen LogP contribution in [0.4, 0.5) is 0 Å². The highest BCUT2D eigenvalue weighted by Crippen LogP contribution is 2.23. The van der Waals surface area contributed by atoms with Crippen molar-refractivity contribution in [3.63, 3.8) is 0 Å². The first-order valence-corrected chi connectivity index (χ1v) is 6.43. The highest BCUT2D eigenvalue weighted by molar-refractivity contribution is 5.79. The van der Waals surface area contributed by atoms with Crippen LogP contribution in [0, 0.1) is 5.92 Å². The second-order valence-electron chi connectivity index (χ2n) is 5.58. The van der Waals surface area contributed by atoms with Crippen LogP contribution in [0.25, 0.3) is 0 Å². The van der Waals surface area contributed by atoms with Crippen molar-refractivity contribution in [2.45, 2.75) is 70.9 Å². The van der Waals surface area contributed by atoms with Gasteiger partial charge in [0.15, 0.2) is 0 Å². The molecule has 0 bridgehead atoms. The third kappa shape index (κ3) is 3.78. The predicted molar refractivity (Wildman–Crippen MR) is 65.1 cm³/mol. The average Bonchev–Trinajstić information content (AvgIpc) is 2.44. The molecule has 1 amide bonds. The molecule has 1 aliphatic carbocycles. The summed E-state index contributed by atoms with van der Waals surface area (Å²) < 4.78 is 0. The van der Waals surface area contributed by atoms with Crippen LogP contribution >= 0.6 is 0 Å². The van der Waals surface area contributed by atoms with E-state index in [-0.39, 0.29) is 11.8 Å². The first-order valence-electron chi connectivity index (χ1n) is 6.43. The number of rotatable bonds is 3. The molecule has 0 spiro atoms. The Kier molecular flexibility index (Phi) is 4.78. The quantitative estimate of drug-likeness (QED) is 0.726. The molecule has 3 nitrogen and oxygen atoms in total. The Labute approximate surface area is 98.6 Å². The molecule has 0 radical (unpaired) electrons. The Hall–Kier alpha value is -0.570. The van der Waals surface area contributed by atoms with Crippen molar-refractivity contribution in [1.82, 2.24) is 5.32 Å². The monoisotopic (exact) mass is 227 g/mol. The van der Waals surface area contributed by atoms with E-state index in [0.717, 1.165) is 25.7 Å². The van der Waals surface area contributed by atoms with Gasteiger partial charge in [0.2, 0.25) is 5.91 Å². The van der Waals surface area contributed by atoms with Crippen LogP contribution in [0.1, 0.15) is 59.3 Å². The lowest BCUT2D eigenvalue weighted by Gasteiger charge is -2.31. The molecule has 0 aromatic rings. The van der Waals surface area contributed by atoms with Gasteiger partial charge in [0.05, 0.1) is 11.6 Å². The molecular formula is C13H25NO2. The van der Waals surface area contributed by atoms with Crippen molar-refractivity contribution in [1.29, 1.82) is 0 Å². The number of hydrogen-bond donors (Lipinski definition) is 2. The lowest BCUT2D eigenvalue weighted by molar-refractivity contribution is -0.128. The summed E-state index contributed by atoms with van der Waals surface area (Å²) in [5.74, 6) is 0.272. The maximum Gasteiger partial charge on any atom is 0.223 e. The molecule has 1 aliphatic rings. The molecule has 16 heavy (non-hydrogen) atoms. The van der Waals surface area contributed by atoms with E-state index in [4.69, 9.17) is 0 Å². The van der Waals surface area contributed by atoms with Crippen molar-refractivity contribution >= 4 is 5.91 Å². The fourth-order valence-electron chi connectivity index (χ4n) is 2.07. The molecular weight excluding hydrogens is 202 g/mol. The predicted octanol–water partition coefficient (Wildman–Crippen LogP) is 2.23. The molecule has 1 rings (SSSR count). The van der Waals surface area contributed by atoms with Crippen LogP contribution in [-0.2, 0) is 4.79 Å². The largest absolute Gasteiger partial charge is 0.391 e. The minimum Gasteiger partial charge on any atom is -0.391 e. The maximum atomic E-state index is 12.0. The van der Waals surface area contributed by atoms with Crippen LogP contribution in [0.2, 0.25) is 0 Å². The summed E-state index contributed by atoms with van der Waals surface area (Å²) in [5, 5.41) is 12.5. The molecule has 0 aliphatic heterocycles. The third-order valence-corrected chi connectivity index (χ3v) is 3.72. The van der Waals surface area contributed by atoms with Crippen LogP contribution in [0.15, 0.2) is 0 Å². The van der Waals surface area contributed by atoms with E-state index in [9.17, 15) is 9.90 Å². The highest BCUT2D eigenvalue weighted by Gasteiger charge is 2.29. The van der Waals surface area contributed by atoms with Gasteiger partial charge in [-0.25, -0.2) is 0 Å². The Bertz CT molecular complexity index is 228. The van der Waals surface area contributed by atoms with Gasteiger partial charge >= 0.3 is 0 Å². The first-order chi connectivity index (χ1) is 7.43. The summed E-state index contributed by atoms with van der Waals surface area (Å²) in [4.78, 5) is 12.0. The van der Waals surface area contributed by atoms with Gasteiger partial charge in [-0.1, -0.05) is 25.7 Å². The van der Waals surface area contributed by atoms with Crippen molar-refractivity contribution in [2.75, 3.05) is 0 Å². The van der Waals surface area contributed by atoms with Gasteiger partial charge in [-0.05, 0) is 33.6 Å². The number of amides is 1. The Morgan fingerprint density at radius 1 is 1.25 bits per heavy atom. The van der Waals surface area contributed by atoms with E-state index in [2.05, 4.69) is 5.32 Å². The van der Waals surface area contributed by atoms with E-state index in [1.54, 1.807) is 6.92 Å². The summed E-state index contributed by atoms with van der Waals surface area (Å²) in [6.07, 6.45) is 6.30. The Morgan fingerprint density at radius 3 is 2.19 bits per heavy atom. The molecule has 1 atom stereocenters. The lowest BCUT2D eigenvalue weighted by Crippen LogP contribution is -2.52. The van der Waals surface area contributed by atoms with E-state index < -0.39 is 11.6 Å². The fraction of sp³-hybridized carbons (Fsp3) is 0.923. The number of aliphatic hydroxyl groups is 1. The molecule has 1 unspecified atom stereocenters. The molecule has 0 aromatic carbocycles. The molecule has 0 aromatic heterocycles. The van der Waals surface area contributed by atoms with Gasteiger partial charge < -0.3 is 10.4 Å². The van der Waals surface area contributed by atoms with E-state index in [1.807, 2.05) is 13.8 Å². The van der Waals surface area contributed by atoms with Gasteiger partial charge in [0.1, 0.15) is 0 Å². The number of carbonyl (C=O) groups is 1. The molecule has 3 heteroatoms. The number of nitrogens with one attached hydrogen (secondary N) is 1. The smallest absolute Gasteiger partial charge is 0.223 e. The number of carbonyl (C=O) groups excluding carboxylic acids is 1. The molecule has 0 heterocycles. The maximum absolute atomic E-state index is 12.0. The van der Waals surface area contributed by atoms with E-state index >= 15 is 0 Å². The molecule has 0 saturated heterocycles. The normalized spacial score (nSPS) is 21.2. The zero-order valence-electron chi connectivity index (χ0n) is 10.8. The summed E-state index contributed by atoms with van der Waals surface area (Å²) in [5.41, 5.74) is -0.524. The standard InChI is InChI=1S/C13H25NO2/c1-10(15)13(2,3)14-12(16)11-8-6-4-5-7-9-11/h10-11,15H,4-9H2,1-3H3,(H,14,16). The van der Waals surface area contributed by atoms with Gasteiger partial charge in [-0.2, -0.15) is 0 Å². The van der Waals surface area contributed by atoms with Gasteiger partial charge in [0.25, 0.3) is 0 Å². The SMILES string of the molecule is CC(O)C(C)(C)NC(=O)C1CCCCCC1. The summed E-state index contributed by atoms with van der Waals surface area (Å²) in [6, 6.07) is 0. The highest BCUT2D eigenvalue weighted by atomic mass is 16.3. The van der Waals surface area contributed by atoms with Crippen molar-refractivity contribution in [2.24, 2.45) is 5.92 Å². The Morgan fingerprint density at radius 2 is 1.75 bits per heavy atom. The zero-order valence-corrected chi connectivity index (χ0v) is 10.8. The Balaban J connectivity index is 2.50. The number of hydrogen-bond acceptors (Lipinski definition) is 2. The van der Waals surface area contributed by atoms with Crippen molar-refractivity contribution in [3.8, 4) is 0 Å². The number of aliphatic hydroxyl groups excluding tert-OH is 1. The van der Waals surface area contributed by atoms with E-state index in [0.29, 0.717) is 0 Å². The summed E-state index contributed by atoms with van der Waals surface area (Å²) in [6.45, 7) is 5.45. The van der Waals surface area contributed by atoms with E-state index in [1.165, 1.54) is 12.8 Å². The minimum atomic E-state index is -0.526. The second kappa shape index (κ2) is 5.67. The average molecular weight is 227 g/mol. The van der Waals surface area contributed by atoms with Gasteiger partial charge in [0, 0.05) is 5.92 Å². The van der Waals surface area contributed by atoms with Crippen LogP contribution < -0.4 is 5.32 Å². The molecule has 1 fully saturated rings. The zero-order chi connectivity index (χ0) is 12.2. The van der Waals surface area contributed by atoms with Crippen molar-refractivity contribution in [3.05, 3.63) is 0 Å². The molecule has 1 saturated carbocycles. The van der Waals surface area contributed by atoms with Gasteiger partial charge in [-0.3, -0.25) is 4.79 Å². The topological polar surface area (TPSA) is 49.3 Å². The summed E-state index contributed by atoms with van der Waals surface area (Å²) >= 11 is 0. The molecule has 2 N–H and O–H groups in total. The second-order valence-corrected chi connectivity index (χ2v) is 5.58. The van der Waals surface area contributed by atoms with Gasteiger partial charge in [-0.15, -0.1) is 0 Å². The fourth-order valence-corrected chi connectivity index (χ4v) is 2.07. The first kappa shape index (κ1) is 13.5. The molecule has 94 valence electrons. The third-order valence-electron chi connectivity index (χ3n) is 3.72. The minimum absolute atomic E-state index is 0.118. The van der Waals surface area contributed by atoms with Crippen LogP contribution in [-0.4, -0.2) is 22.7 Å². The summed E-state index contributed by atoms with van der Waals surface area (Å²) in [7, 11) is 0. The van der Waals surface area contributed by atoms with Crippen LogP contribution in [0.5, 0.6) is 0 Å².